The molecule has 2 N–H and O–H groups in total. The first-order valence-electron chi connectivity index (χ1n) is 7.10. The van der Waals surface area contributed by atoms with Crippen LogP contribution in [0.1, 0.15) is 19.3 Å². The Morgan fingerprint density at radius 1 is 1.32 bits per heavy atom. The zero-order chi connectivity index (χ0) is 16.2. The maximum absolute atomic E-state index is 9.55. The molecule has 3 fully saturated rings. The van der Waals surface area contributed by atoms with Gasteiger partial charge in [0.25, 0.3) is 0 Å². The molecule has 4 aliphatic heterocycles. The maximum Gasteiger partial charge on any atom is 0.328 e. The Labute approximate surface area is 128 Å². The summed E-state index contributed by atoms with van der Waals surface area (Å²) in [5, 5.41) is 19.6. The molecule has 3 saturated heterocycles. The highest BCUT2D eigenvalue weighted by molar-refractivity contribution is 5.89. The van der Waals surface area contributed by atoms with Crippen LogP contribution in [0.3, 0.4) is 0 Å². The Morgan fingerprint density at radius 2 is 1.91 bits per heavy atom. The molecule has 8 nitrogen and oxygen atoms in total. The summed E-state index contributed by atoms with van der Waals surface area (Å²) in [4.78, 5) is 27.2. The van der Waals surface area contributed by atoms with E-state index in [2.05, 4.69) is 10.1 Å². The summed E-state index contributed by atoms with van der Waals surface area (Å²) in [5.74, 6) is -1.07. The van der Waals surface area contributed by atoms with Gasteiger partial charge in [-0.1, -0.05) is 5.16 Å². The van der Waals surface area contributed by atoms with E-state index in [1.807, 2.05) is 0 Å². The summed E-state index contributed by atoms with van der Waals surface area (Å²) in [6, 6.07) is 0. The molecule has 1 unspecified atom stereocenters. The lowest BCUT2D eigenvalue weighted by atomic mass is 9.74. The van der Waals surface area contributed by atoms with Crippen molar-refractivity contribution in [2.24, 2.45) is 11.1 Å². The highest BCUT2D eigenvalue weighted by atomic mass is 16.7. The van der Waals surface area contributed by atoms with Gasteiger partial charge in [0.2, 0.25) is 5.90 Å². The van der Waals surface area contributed by atoms with Crippen molar-refractivity contribution in [2.75, 3.05) is 26.7 Å². The maximum atomic E-state index is 9.55. The Bertz CT molecular complexity index is 480. The van der Waals surface area contributed by atoms with Crippen molar-refractivity contribution in [2.45, 2.75) is 24.9 Å². The van der Waals surface area contributed by atoms with Gasteiger partial charge >= 0.3 is 11.9 Å². The molecular weight excluding hydrogens is 292 g/mol. The van der Waals surface area contributed by atoms with Crippen LogP contribution in [0.2, 0.25) is 0 Å². The Kier molecular flexibility index (Phi) is 5.02. The van der Waals surface area contributed by atoms with Gasteiger partial charge in [0.1, 0.15) is 0 Å². The van der Waals surface area contributed by atoms with E-state index in [0.29, 0.717) is 18.1 Å². The molecule has 2 bridgehead atoms. The zero-order valence-electron chi connectivity index (χ0n) is 12.4. The first-order chi connectivity index (χ1) is 10.4. The monoisotopic (exact) mass is 312 g/mol. The molecule has 0 amide bonds. The van der Waals surface area contributed by atoms with Crippen LogP contribution in [0.25, 0.3) is 0 Å². The fourth-order valence-corrected chi connectivity index (χ4v) is 3.14. The molecule has 22 heavy (non-hydrogen) atoms. The second kappa shape index (κ2) is 6.78. The molecule has 4 rings (SSSR count). The number of ether oxygens (including phenoxy) is 1. The first kappa shape index (κ1) is 16.3. The second-order valence-corrected chi connectivity index (χ2v) is 5.58. The van der Waals surface area contributed by atoms with E-state index in [4.69, 9.17) is 19.8 Å². The smallest absolute Gasteiger partial charge is 0.328 e. The molecule has 0 saturated carbocycles. The van der Waals surface area contributed by atoms with Gasteiger partial charge in [-0.25, -0.2) is 9.59 Å². The number of aliphatic carboxylic acids is 2. The third-order valence-electron chi connectivity index (χ3n) is 4.21. The van der Waals surface area contributed by atoms with Gasteiger partial charge in [-0.3, -0.25) is 4.90 Å². The molecule has 0 aromatic rings. The lowest BCUT2D eigenvalue weighted by molar-refractivity contribution is -0.136. The topological polar surface area (TPSA) is 109 Å². The van der Waals surface area contributed by atoms with Crippen LogP contribution in [0.4, 0.5) is 0 Å². The average molecular weight is 312 g/mol. The molecule has 0 aromatic heterocycles. The SMILES string of the molecule is COC1=NOC2(C1)CN1CCC2CC1.O=C(O)/C=C/C(=O)O. The Hall–Kier alpha value is -2.09. The number of methoxy groups -OCH3 is 1. The summed E-state index contributed by atoms with van der Waals surface area (Å²) in [6.07, 6.45) is 4.49. The predicted octanol–water partition coefficient (Wildman–Crippen LogP) is 0.543. The number of rotatable bonds is 2. The van der Waals surface area contributed by atoms with Crippen molar-refractivity contribution >= 4 is 17.8 Å². The molecular formula is C14H20N2O6. The molecule has 4 aliphatic rings. The molecule has 0 aromatic carbocycles. The van der Waals surface area contributed by atoms with Crippen LogP contribution in [-0.2, 0) is 19.2 Å². The van der Waals surface area contributed by atoms with Crippen molar-refractivity contribution in [3.63, 3.8) is 0 Å². The van der Waals surface area contributed by atoms with Crippen molar-refractivity contribution < 1.29 is 29.4 Å². The van der Waals surface area contributed by atoms with E-state index in [9.17, 15) is 9.59 Å². The number of fused-ring (bicyclic) bond motifs is 2. The number of carbonyl (C=O) groups is 2. The van der Waals surface area contributed by atoms with Gasteiger partial charge in [0, 0.05) is 24.6 Å². The van der Waals surface area contributed by atoms with Crippen molar-refractivity contribution in [1.29, 1.82) is 0 Å². The molecule has 122 valence electrons. The van der Waals surface area contributed by atoms with Gasteiger partial charge in [-0.15, -0.1) is 0 Å². The zero-order valence-corrected chi connectivity index (χ0v) is 12.4. The number of carboxylic acids is 2. The van der Waals surface area contributed by atoms with Crippen molar-refractivity contribution in [3.8, 4) is 0 Å². The molecule has 8 heteroatoms. The minimum absolute atomic E-state index is 0.0398. The number of oxime groups is 1. The Balaban J connectivity index is 0.000000192. The fourth-order valence-electron chi connectivity index (χ4n) is 3.14. The molecule has 0 radical (unpaired) electrons. The fraction of sp³-hybridized carbons (Fsp3) is 0.643. The summed E-state index contributed by atoms with van der Waals surface area (Å²) in [6.45, 7) is 3.50. The Morgan fingerprint density at radius 3 is 2.27 bits per heavy atom. The number of piperidine rings is 3. The predicted molar refractivity (Wildman–Crippen MR) is 76.5 cm³/mol. The van der Waals surface area contributed by atoms with Gasteiger partial charge in [0.05, 0.1) is 13.5 Å². The minimum atomic E-state index is -1.26. The number of nitrogens with zero attached hydrogens (tertiary/aromatic N) is 2. The quantitative estimate of drug-likeness (QED) is 0.716. The number of carboxylic acid groups (broad SMARTS) is 2. The van der Waals surface area contributed by atoms with E-state index in [1.54, 1.807) is 7.11 Å². The summed E-state index contributed by atoms with van der Waals surface area (Å²) in [5.41, 5.74) is -0.0398. The summed E-state index contributed by atoms with van der Waals surface area (Å²) < 4.78 is 5.15. The molecule has 1 spiro atoms. The van der Waals surface area contributed by atoms with Gasteiger partial charge in [-0.05, 0) is 25.9 Å². The molecule has 4 heterocycles. The first-order valence-corrected chi connectivity index (χ1v) is 7.10. The average Bonchev–Trinajstić information content (AvgIpc) is 2.90. The van der Waals surface area contributed by atoms with E-state index in [1.165, 1.54) is 25.9 Å². The molecule has 1 atom stereocenters. The highest BCUT2D eigenvalue weighted by Gasteiger charge is 2.52. The van der Waals surface area contributed by atoms with Crippen LogP contribution < -0.4 is 0 Å². The largest absolute Gasteiger partial charge is 0.482 e. The van der Waals surface area contributed by atoms with E-state index in [-0.39, 0.29) is 5.60 Å². The number of hydrogen-bond acceptors (Lipinski definition) is 6. The standard InChI is InChI=1S/C10H16N2O2.C4H4O4/c1-13-9-6-10(14-11-9)7-12-4-2-8(10)3-5-12;5-3(6)1-2-4(7)8/h8H,2-7H2,1H3;1-2H,(H,5,6)(H,7,8)/b;2-1+. The van der Waals surface area contributed by atoms with Gasteiger partial charge < -0.3 is 19.8 Å². The lowest BCUT2D eigenvalue weighted by Gasteiger charge is -2.49. The van der Waals surface area contributed by atoms with Crippen molar-refractivity contribution in [3.05, 3.63) is 12.2 Å². The van der Waals surface area contributed by atoms with E-state index < -0.39 is 11.9 Å². The third-order valence-corrected chi connectivity index (χ3v) is 4.21. The van der Waals surface area contributed by atoms with Crippen LogP contribution in [0.5, 0.6) is 0 Å². The van der Waals surface area contributed by atoms with E-state index >= 15 is 0 Å². The van der Waals surface area contributed by atoms with Crippen LogP contribution >= 0.6 is 0 Å². The van der Waals surface area contributed by atoms with Crippen LogP contribution in [0.15, 0.2) is 17.3 Å². The van der Waals surface area contributed by atoms with Crippen LogP contribution in [-0.4, -0.2) is 65.3 Å². The van der Waals surface area contributed by atoms with Crippen LogP contribution in [0, 0.1) is 5.92 Å². The number of hydrogen-bond donors (Lipinski definition) is 2. The van der Waals surface area contributed by atoms with Crippen molar-refractivity contribution in [1.82, 2.24) is 4.90 Å². The molecule has 0 aliphatic carbocycles. The highest BCUT2D eigenvalue weighted by Crippen LogP contribution is 2.43. The van der Waals surface area contributed by atoms with E-state index in [0.717, 1.165) is 18.9 Å². The lowest BCUT2D eigenvalue weighted by Crippen LogP contribution is -2.59. The van der Waals surface area contributed by atoms with Gasteiger partial charge in [-0.2, -0.15) is 0 Å². The third kappa shape index (κ3) is 3.76. The normalized spacial score (nSPS) is 32.1. The second-order valence-electron chi connectivity index (χ2n) is 5.58. The minimum Gasteiger partial charge on any atom is -0.482 e. The summed E-state index contributed by atoms with van der Waals surface area (Å²) in [7, 11) is 1.67. The van der Waals surface area contributed by atoms with Gasteiger partial charge in [0.15, 0.2) is 5.60 Å². The summed E-state index contributed by atoms with van der Waals surface area (Å²) >= 11 is 0.